The van der Waals surface area contributed by atoms with Gasteiger partial charge in [0.15, 0.2) is 0 Å². The molecule has 0 aliphatic heterocycles. The minimum Gasteiger partial charge on any atom is -0.481 e. The molecule has 4 heteroatoms. The average Bonchev–Trinajstić information content (AvgIpc) is 2.73. The fraction of sp³-hybridized carbons (Fsp3) is 0.840. The van der Waals surface area contributed by atoms with Crippen LogP contribution >= 0.6 is 0 Å². The average molecular weight is 409 g/mol. The highest BCUT2D eigenvalue weighted by Gasteiger charge is 2.36. The summed E-state index contributed by atoms with van der Waals surface area (Å²) >= 11 is 0. The van der Waals surface area contributed by atoms with E-state index in [0.717, 1.165) is 32.1 Å². The second kappa shape index (κ2) is 17.5. The zero-order valence-corrected chi connectivity index (χ0v) is 18.7. The number of esters is 1. The second-order valence-electron chi connectivity index (χ2n) is 8.56. The number of carboxylic acids is 1. The largest absolute Gasteiger partial charge is 0.481 e. The van der Waals surface area contributed by atoms with Gasteiger partial charge < -0.3 is 9.84 Å². The van der Waals surface area contributed by atoms with Gasteiger partial charge in [0.1, 0.15) is 0 Å². The fourth-order valence-corrected chi connectivity index (χ4v) is 4.23. The summed E-state index contributed by atoms with van der Waals surface area (Å²) in [6.45, 7) is 2.62. The first-order valence-electron chi connectivity index (χ1n) is 12.2. The Morgan fingerprint density at radius 1 is 0.793 bits per heavy atom. The molecule has 0 radical (unpaired) electrons. The molecule has 1 aliphatic carbocycles. The van der Waals surface area contributed by atoms with Crippen LogP contribution in [0.3, 0.4) is 0 Å². The maximum absolute atomic E-state index is 12.2. The van der Waals surface area contributed by atoms with Crippen LogP contribution in [0.5, 0.6) is 0 Å². The van der Waals surface area contributed by atoms with E-state index in [1.807, 2.05) is 0 Å². The van der Waals surface area contributed by atoms with Crippen LogP contribution in [0.15, 0.2) is 12.2 Å². The van der Waals surface area contributed by atoms with E-state index in [2.05, 4.69) is 19.1 Å². The van der Waals surface area contributed by atoms with Gasteiger partial charge in [0.2, 0.25) is 0 Å². The van der Waals surface area contributed by atoms with Gasteiger partial charge in [-0.05, 0) is 38.5 Å². The predicted molar refractivity (Wildman–Crippen MR) is 119 cm³/mol. The van der Waals surface area contributed by atoms with Gasteiger partial charge in [0.05, 0.1) is 18.4 Å². The molecular weight excluding hydrogens is 364 g/mol. The minimum absolute atomic E-state index is 0.293. The molecule has 0 saturated heterocycles. The number of aliphatic carboxylic acids is 1. The minimum atomic E-state index is -0.851. The van der Waals surface area contributed by atoms with Crippen LogP contribution in [-0.2, 0) is 14.3 Å². The van der Waals surface area contributed by atoms with Crippen molar-refractivity contribution >= 4 is 11.9 Å². The van der Waals surface area contributed by atoms with E-state index in [-0.39, 0.29) is 5.97 Å². The van der Waals surface area contributed by atoms with Crippen LogP contribution < -0.4 is 0 Å². The Morgan fingerprint density at radius 3 is 1.86 bits per heavy atom. The highest BCUT2D eigenvalue weighted by Crippen LogP contribution is 2.31. The van der Waals surface area contributed by atoms with Gasteiger partial charge in [-0.15, -0.1) is 0 Å². The third kappa shape index (κ3) is 12.8. The summed E-state index contributed by atoms with van der Waals surface area (Å²) < 4.78 is 5.37. The molecule has 1 fully saturated rings. The van der Waals surface area contributed by atoms with E-state index in [1.54, 1.807) is 0 Å². The number of hydrogen-bond donors (Lipinski definition) is 1. The van der Waals surface area contributed by atoms with Gasteiger partial charge in [-0.25, -0.2) is 0 Å². The monoisotopic (exact) mass is 408 g/mol. The lowest BCUT2D eigenvalue weighted by molar-refractivity contribution is -0.159. The Kier molecular flexibility index (Phi) is 15.5. The Hall–Kier alpha value is -1.32. The molecule has 0 amide bonds. The summed E-state index contributed by atoms with van der Waals surface area (Å²) in [4.78, 5) is 23.5. The van der Waals surface area contributed by atoms with E-state index >= 15 is 0 Å². The van der Waals surface area contributed by atoms with Crippen LogP contribution in [0.25, 0.3) is 0 Å². The van der Waals surface area contributed by atoms with E-state index < -0.39 is 17.8 Å². The van der Waals surface area contributed by atoms with Gasteiger partial charge in [-0.2, -0.15) is 0 Å². The van der Waals surface area contributed by atoms with Crippen molar-refractivity contribution < 1.29 is 19.4 Å². The third-order valence-electron chi connectivity index (χ3n) is 6.05. The van der Waals surface area contributed by atoms with E-state index in [0.29, 0.717) is 19.4 Å². The molecule has 1 rings (SSSR count). The summed E-state index contributed by atoms with van der Waals surface area (Å²) in [5.41, 5.74) is 0. The lowest BCUT2D eigenvalue weighted by Crippen LogP contribution is -2.33. The molecule has 0 spiro atoms. The number of carboxylic acid groups (broad SMARTS) is 1. The first-order chi connectivity index (χ1) is 14.2. The van der Waals surface area contributed by atoms with E-state index in [4.69, 9.17) is 4.74 Å². The molecule has 0 aromatic heterocycles. The molecule has 1 N–H and O–H groups in total. The Morgan fingerprint density at radius 2 is 1.31 bits per heavy atom. The summed E-state index contributed by atoms with van der Waals surface area (Å²) in [5, 5.41) is 9.26. The maximum Gasteiger partial charge on any atom is 0.309 e. The topological polar surface area (TPSA) is 63.6 Å². The van der Waals surface area contributed by atoms with Crippen molar-refractivity contribution in [2.45, 2.75) is 116 Å². The van der Waals surface area contributed by atoms with Crippen molar-refractivity contribution in [1.29, 1.82) is 0 Å². The zero-order valence-electron chi connectivity index (χ0n) is 18.7. The second-order valence-corrected chi connectivity index (χ2v) is 8.56. The molecule has 168 valence electrons. The van der Waals surface area contributed by atoms with Crippen molar-refractivity contribution in [2.24, 2.45) is 11.8 Å². The summed E-state index contributed by atoms with van der Waals surface area (Å²) in [7, 11) is 0. The van der Waals surface area contributed by atoms with Crippen LogP contribution in [0.1, 0.15) is 116 Å². The molecule has 0 bridgehead atoms. The molecule has 0 aromatic carbocycles. The van der Waals surface area contributed by atoms with Gasteiger partial charge in [-0.3, -0.25) is 9.59 Å². The van der Waals surface area contributed by atoms with Crippen molar-refractivity contribution in [3.63, 3.8) is 0 Å². The van der Waals surface area contributed by atoms with Gasteiger partial charge >= 0.3 is 11.9 Å². The van der Waals surface area contributed by atoms with Gasteiger partial charge in [0, 0.05) is 0 Å². The number of hydrogen-bond acceptors (Lipinski definition) is 3. The molecule has 0 heterocycles. The number of allylic oxidation sites excluding steroid dienone is 2. The Labute approximate surface area is 178 Å². The van der Waals surface area contributed by atoms with Crippen LogP contribution in [-0.4, -0.2) is 23.7 Å². The van der Waals surface area contributed by atoms with Gasteiger partial charge in [-0.1, -0.05) is 89.7 Å². The zero-order chi connectivity index (χ0) is 21.2. The van der Waals surface area contributed by atoms with Crippen LogP contribution in [0.2, 0.25) is 0 Å². The number of unbranched alkanes of at least 4 members (excludes halogenated alkanes) is 11. The molecule has 1 saturated carbocycles. The van der Waals surface area contributed by atoms with Crippen LogP contribution in [0.4, 0.5) is 0 Å². The highest BCUT2D eigenvalue weighted by molar-refractivity contribution is 5.81. The van der Waals surface area contributed by atoms with Crippen molar-refractivity contribution in [3.8, 4) is 0 Å². The number of rotatable bonds is 17. The summed E-state index contributed by atoms with van der Waals surface area (Å²) in [6.07, 6.45) is 23.9. The predicted octanol–water partition coefficient (Wildman–Crippen LogP) is 7.07. The highest BCUT2D eigenvalue weighted by atomic mass is 16.5. The van der Waals surface area contributed by atoms with Gasteiger partial charge in [0.25, 0.3) is 0 Å². The van der Waals surface area contributed by atoms with E-state index in [1.165, 1.54) is 64.2 Å². The molecule has 2 unspecified atom stereocenters. The van der Waals surface area contributed by atoms with Crippen molar-refractivity contribution in [2.75, 3.05) is 6.61 Å². The summed E-state index contributed by atoms with van der Waals surface area (Å²) in [5.74, 6) is -2.13. The lowest BCUT2D eigenvalue weighted by Gasteiger charge is -2.26. The summed E-state index contributed by atoms with van der Waals surface area (Å²) in [6, 6.07) is 0. The smallest absolute Gasteiger partial charge is 0.309 e. The fourth-order valence-electron chi connectivity index (χ4n) is 4.23. The van der Waals surface area contributed by atoms with E-state index in [9.17, 15) is 14.7 Å². The molecule has 4 nitrogen and oxygen atoms in total. The van der Waals surface area contributed by atoms with Crippen molar-refractivity contribution in [3.05, 3.63) is 12.2 Å². The number of carbonyl (C=O) groups excluding carboxylic acids is 1. The van der Waals surface area contributed by atoms with Crippen molar-refractivity contribution in [1.82, 2.24) is 0 Å². The molecular formula is C25H44O4. The Balaban J connectivity index is 1.88. The molecule has 29 heavy (non-hydrogen) atoms. The Bertz CT molecular complexity index is 458. The standard InChI is InChI=1S/C25H44O4/c1-2-3-4-5-6-7-8-9-10-11-12-13-14-15-18-21-29-25(28)23-20-17-16-19-22(23)24(26)27/h3-4,22-23H,2,5-21H2,1H3,(H,26,27)/b4-3+. The molecule has 1 aliphatic rings. The molecule has 0 aromatic rings. The lowest BCUT2D eigenvalue weighted by atomic mass is 9.79. The SMILES string of the molecule is CC/C=C/CCCCCCCCCCCCCOC(=O)C1CCCCC1C(=O)O. The number of carbonyl (C=O) groups is 2. The maximum atomic E-state index is 12.2. The first-order valence-corrected chi connectivity index (χ1v) is 12.2. The number of ether oxygens (including phenoxy) is 1. The normalized spacial score (nSPS) is 19.5. The molecule has 2 atom stereocenters. The quantitative estimate of drug-likeness (QED) is 0.159. The first kappa shape index (κ1) is 25.7. The van der Waals surface area contributed by atoms with Crippen LogP contribution in [0, 0.1) is 11.8 Å². The third-order valence-corrected chi connectivity index (χ3v) is 6.05.